The van der Waals surface area contributed by atoms with Gasteiger partial charge < -0.3 is 20.0 Å². The van der Waals surface area contributed by atoms with Gasteiger partial charge >= 0.3 is 0 Å². The normalized spacial score (nSPS) is 11.8. The number of hydrogen-bond donors (Lipinski definition) is 2. The lowest BCUT2D eigenvalue weighted by molar-refractivity contribution is -0.404. The molecule has 2 N–H and O–H groups in total. The van der Waals surface area contributed by atoms with Crippen molar-refractivity contribution in [2.24, 2.45) is 0 Å². The van der Waals surface area contributed by atoms with Crippen LogP contribution in [-0.2, 0) is 18.7 Å². The number of aryl methyl sites for hydroxylation is 1. The first-order valence-corrected chi connectivity index (χ1v) is 8.71. The summed E-state index contributed by atoms with van der Waals surface area (Å²) in [5.74, 6) is 4.07. The maximum atomic E-state index is 10.4. The Bertz CT molecular complexity index is 529. The van der Waals surface area contributed by atoms with E-state index in [-0.39, 0.29) is 0 Å². The van der Waals surface area contributed by atoms with Crippen molar-refractivity contribution in [2.75, 3.05) is 33.4 Å². The van der Waals surface area contributed by atoms with Gasteiger partial charge in [0.2, 0.25) is 0 Å². The number of furan rings is 1. The molecular formula is C15H26N4O3S. The van der Waals surface area contributed by atoms with Crippen molar-refractivity contribution in [3.63, 3.8) is 0 Å². The molecule has 0 atom stereocenters. The predicted octanol–water partition coefficient (Wildman–Crippen LogP) is 2.02. The average Bonchev–Trinajstić information content (AvgIpc) is 2.86. The Morgan fingerprint density at radius 1 is 1.52 bits per heavy atom. The van der Waals surface area contributed by atoms with E-state index in [1.54, 1.807) is 18.8 Å². The van der Waals surface area contributed by atoms with E-state index in [4.69, 9.17) is 4.42 Å². The van der Waals surface area contributed by atoms with Crippen LogP contribution >= 0.6 is 11.8 Å². The van der Waals surface area contributed by atoms with Crippen molar-refractivity contribution in [3.8, 4) is 0 Å². The highest BCUT2D eigenvalue weighted by molar-refractivity contribution is 7.98. The van der Waals surface area contributed by atoms with E-state index in [1.165, 1.54) is 5.56 Å². The predicted molar refractivity (Wildman–Crippen MR) is 93.8 cm³/mol. The minimum absolute atomic E-state index is 0.412. The maximum Gasteiger partial charge on any atom is 0.274 e. The second kappa shape index (κ2) is 10.2. The van der Waals surface area contributed by atoms with Gasteiger partial charge in [-0.05, 0) is 32.1 Å². The van der Waals surface area contributed by atoms with Gasteiger partial charge in [0.15, 0.2) is 5.82 Å². The monoisotopic (exact) mass is 342 g/mol. The van der Waals surface area contributed by atoms with Gasteiger partial charge in [0.1, 0.15) is 11.5 Å². The molecular weight excluding hydrogens is 316 g/mol. The fourth-order valence-electron chi connectivity index (χ4n) is 2.05. The van der Waals surface area contributed by atoms with Gasteiger partial charge in [-0.25, -0.2) is 0 Å². The molecule has 23 heavy (non-hydrogen) atoms. The van der Waals surface area contributed by atoms with Gasteiger partial charge in [-0.15, -0.1) is 0 Å². The van der Waals surface area contributed by atoms with Gasteiger partial charge in [-0.2, -0.15) is 11.8 Å². The number of nitro groups is 1. The Balaban J connectivity index is 2.38. The Hall–Kier alpha value is -1.67. The fourth-order valence-corrected chi connectivity index (χ4v) is 2.79. The molecule has 0 aliphatic heterocycles. The van der Waals surface area contributed by atoms with E-state index in [0.717, 1.165) is 42.2 Å². The molecule has 0 bridgehead atoms. The molecule has 0 spiro atoms. The Labute approximate surface area is 141 Å². The third-order valence-electron chi connectivity index (χ3n) is 3.10. The van der Waals surface area contributed by atoms with E-state index in [0.29, 0.717) is 12.4 Å². The summed E-state index contributed by atoms with van der Waals surface area (Å²) in [6, 6.07) is 2.13. The van der Waals surface area contributed by atoms with E-state index >= 15 is 0 Å². The molecule has 1 rings (SSSR count). The summed E-state index contributed by atoms with van der Waals surface area (Å²) >= 11 is 1.73. The van der Waals surface area contributed by atoms with Crippen LogP contribution in [0.4, 0.5) is 0 Å². The zero-order valence-corrected chi connectivity index (χ0v) is 15.0. The quantitative estimate of drug-likeness (QED) is 0.361. The van der Waals surface area contributed by atoms with Crippen molar-refractivity contribution in [2.45, 2.75) is 25.6 Å². The van der Waals surface area contributed by atoms with Gasteiger partial charge in [0.25, 0.3) is 6.20 Å². The van der Waals surface area contributed by atoms with Crippen LogP contribution in [-0.4, -0.2) is 43.3 Å². The summed E-state index contributed by atoms with van der Waals surface area (Å²) in [4.78, 5) is 12.0. The largest absolute Gasteiger partial charge is 0.464 e. The van der Waals surface area contributed by atoms with Gasteiger partial charge in [0, 0.05) is 19.3 Å². The molecule has 1 aromatic heterocycles. The minimum atomic E-state index is -0.479. The van der Waals surface area contributed by atoms with Crippen molar-refractivity contribution in [3.05, 3.63) is 45.3 Å². The number of rotatable bonds is 11. The summed E-state index contributed by atoms with van der Waals surface area (Å²) in [6.07, 6.45) is 1.90. The van der Waals surface area contributed by atoms with Crippen LogP contribution in [0.5, 0.6) is 0 Å². The van der Waals surface area contributed by atoms with Crippen LogP contribution in [0, 0.1) is 10.1 Å². The number of hydrogen-bond acceptors (Lipinski definition) is 7. The van der Waals surface area contributed by atoms with Crippen molar-refractivity contribution in [1.29, 1.82) is 0 Å². The SMILES string of the molecule is CCc1cc(CSCCNC(=C[N+](=O)[O-])NC)oc1CN(C)C. The third-order valence-corrected chi connectivity index (χ3v) is 4.08. The first kappa shape index (κ1) is 19.4. The fraction of sp³-hybridized carbons (Fsp3) is 0.600. The topological polar surface area (TPSA) is 83.6 Å². The summed E-state index contributed by atoms with van der Waals surface area (Å²) in [5.41, 5.74) is 1.26. The highest BCUT2D eigenvalue weighted by atomic mass is 32.2. The summed E-state index contributed by atoms with van der Waals surface area (Å²) < 4.78 is 5.92. The lowest BCUT2D eigenvalue weighted by Gasteiger charge is -2.08. The molecule has 0 saturated heterocycles. The van der Waals surface area contributed by atoms with Crippen LogP contribution in [0.15, 0.2) is 22.5 Å². The molecule has 130 valence electrons. The van der Waals surface area contributed by atoms with Crippen molar-refractivity contribution in [1.82, 2.24) is 15.5 Å². The van der Waals surface area contributed by atoms with E-state index in [9.17, 15) is 10.1 Å². The third kappa shape index (κ3) is 7.43. The Kier molecular flexibility index (Phi) is 8.57. The van der Waals surface area contributed by atoms with Crippen molar-refractivity contribution >= 4 is 11.8 Å². The smallest absolute Gasteiger partial charge is 0.274 e. The number of thioether (sulfide) groups is 1. The second-order valence-electron chi connectivity index (χ2n) is 5.31. The van der Waals surface area contributed by atoms with Crippen LogP contribution < -0.4 is 10.6 Å². The van der Waals surface area contributed by atoms with E-state index < -0.39 is 4.92 Å². The highest BCUT2D eigenvalue weighted by Gasteiger charge is 2.10. The Morgan fingerprint density at radius 2 is 2.26 bits per heavy atom. The standard InChI is InChI=1S/C15H26N4O3S/c1-5-12-8-13(22-14(12)9-18(3)4)11-23-7-6-17-15(16-2)10-19(20)21/h8,10,16-17H,5-7,9,11H2,1-4H3. The van der Waals surface area contributed by atoms with E-state index in [2.05, 4.69) is 28.5 Å². The molecule has 0 radical (unpaired) electrons. The molecule has 0 saturated carbocycles. The molecule has 0 aromatic carbocycles. The molecule has 1 heterocycles. The average molecular weight is 342 g/mol. The van der Waals surface area contributed by atoms with Crippen LogP contribution in [0.25, 0.3) is 0 Å². The Morgan fingerprint density at radius 3 is 2.83 bits per heavy atom. The maximum absolute atomic E-state index is 10.4. The summed E-state index contributed by atoms with van der Waals surface area (Å²) in [6.45, 7) is 3.59. The molecule has 0 fully saturated rings. The lowest BCUT2D eigenvalue weighted by Crippen LogP contribution is -2.26. The minimum Gasteiger partial charge on any atom is -0.464 e. The molecule has 1 aromatic rings. The number of nitrogens with one attached hydrogen (secondary N) is 2. The first-order valence-electron chi connectivity index (χ1n) is 7.56. The molecule has 7 nitrogen and oxygen atoms in total. The molecule has 0 amide bonds. The molecule has 0 aliphatic rings. The van der Waals surface area contributed by atoms with Gasteiger partial charge in [-0.3, -0.25) is 10.1 Å². The lowest BCUT2D eigenvalue weighted by atomic mass is 10.2. The zero-order chi connectivity index (χ0) is 17.2. The van der Waals surface area contributed by atoms with Crippen molar-refractivity contribution < 1.29 is 9.34 Å². The molecule has 8 heteroatoms. The van der Waals surface area contributed by atoms with E-state index in [1.807, 2.05) is 14.1 Å². The summed E-state index contributed by atoms with van der Waals surface area (Å²) in [7, 11) is 5.70. The first-order chi connectivity index (χ1) is 11.0. The molecule has 0 unspecified atom stereocenters. The van der Waals surface area contributed by atoms with Crippen LogP contribution in [0.2, 0.25) is 0 Å². The molecule has 0 aliphatic carbocycles. The second-order valence-corrected chi connectivity index (χ2v) is 6.42. The van der Waals surface area contributed by atoms with Gasteiger partial charge in [-0.1, -0.05) is 6.92 Å². The number of nitrogens with zero attached hydrogens (tertiary/aromatic N) is 2. The highest BCUT2D eigenvalue weighted by Crippen LogP contribution is 2.21. The zero-order valence-electron chi connectivity index (χ0n) is 14.2. The summed E-state index contributed by atoms with van der Waals surface area (Å²) in [5, 5.41) is 16.2. The van der Waals surface area contributed by atoms with Crippen LogP contribution in [0.3, 0.4) is 0 Å². The van der Waals surface area contributed by atoms with Crippen LogP contribution in [0.1, 0.15) is 24.0 Å². The van der Waals surface area contributed by atoms with Gasteiger partial charge in [0.05, 0.1) is 17.2 Å².